The third-order valence-corrected chi connectivity index (χ3v) is 18.9. The number of nitrogens with zero attached hydrogens (tertiary/aromatic N) is 1. The quantitative estimate of drug-likeness (QED) is 0.0195. The number of hydrogen-bond acceptors (Lipinski definition) is 8. The number of quaternary nitrogens is 1. The Morgan fingerprint density at radius 2 is 0.607 bits per heavy atom. The van der Waals surface area contributed by atoms with Gasteiger partial charge in [-0.05, 0) is 51.4 Å². The fourth-order valence-electron chi connectivity index (χ4n) is 11.9. The Labute approximate surface area is 554 Å². The molecule has 10 heteroatoms. The zero-order valence-corrected chi connectivity index (χ0v) is 61.1. The normalized spacial score (nSPS) is 13.2. The molecule has 0 amide bonds. The number of likely N-dealkylation sites (N-methyl/N-ethyl adjacent to an activating group) is 1. The van der Waals surface area contributed by atoms with Crippen molar-refractivity contribution in [2.24, 2.45) is 0 Å². The smallest absolute Gasteiger partial charge is 0.306 e. The van der Waals surface area contributed by atoms with E-state index >= 15 is 0 Å². The molecule has 0 aromatic heterocycles. The van der Waals surface area contributed by atoms with Gasteiger partial charge in [0, 0.05) is 12.8 Å². The van der Waals surface area contributed by atoms with E-state index in [0.717, 1.165) is 44.9 Å². The van der Waals surface area contributed by atoms with E-state index in [1.165, 1.54) is 327 Å². The highest BCUT2D eigenvalue weighted by Crippen LogP contribution is 2.38. The zero-order valence-electron chi connectivity index (χ0n) is 60.2. The zero-order chi connectivity index (χ0) is 64.8. The molecule has 0 N–H and O–H groups in total. The van der Waals surface area contributed by atoms with E-state index in [4.69, 9.17) is 18.5 Å². The molecule has 0 bridgehead atoms. The van der Waals surface area contributed by atoms with Crippen LogP contribution in [0.5, 0.6) is 0 Å². The minimum absolute atomic E-state index is 0.0275. The van der Waals surface area contributed by atoms with Crippen molar-refractivity contribution in [1.82, 2.24) is 0 Å². The molecule has 0 aliphatic carbocycles. The number of carbonyl (C=O) groups is 2. The van der Waals surface area contributed by atoms with Gasteiger partial charge in [0.25, 0.3) is 7.82 Å². The van der Waals surface area contributed by atoms with Crippen LogP contribution >= 0.6 is 7.82 Å². The number of carbonyl (C=O) groups excluding carboxylic acids is 2. The van der Waals surface area contributed by atoms with Crippen LogP contribution in [0, 0.1) is 0 Å². The summed E-state index contributed by atoms with van der Waals surface area (Å²) in [4.78, 5) is 38.2. The second kappa shape index (κ2) is 70.5. The summed E-state index contributed by atoms with van der Waals surface area (Å²) in [6, 6.07) is 0. The lowest BCUT2D eigenvalue weighted by molar-refractivity contribution is -0.870. The molecule has 0 aliphatic heterocycles. The average molecular weight is 1280 g/mol. The fraction of sp³-hybridized carbons (Fsp3) is 0.899. The molecule has 0 rings (SSSR count). The Morgan fingerprint density at radius 3 is 0.899 bits per heavy atom. The predicted octanol–water partition coefficient (Wildman–Crippen LogP) is 25.2. The number of rotatable bonds is 74. The highest BCUT2D eigenvalue weighted by Gasteiger charge is 2.22. The summed E-state index contributed by atoms with van der Waals surface area (Å²) in [7, 11) is 1.19. The van der Waals surface area contributed by atoms with Crippen molar-refractivity contribution in [1.29, 1.82) is 0 Å². The minimum Gasteiger partial charge on any atom is -0.756 e. The molecule has 526 valence electrons. The molecule has 9 nitrogen and oxygen atoms in total. The van der Waals surface area contributed by atoms with Crippen molar-refractivity contribution >= 4 is 19.8 Å². The lowest BCUT2D eigenvalue weighted by atomic mass is 10.0. The van der Waals surface area contributed by atoms with Crippen molar-refractivity contribution in [3.05, 3.63) is 36.5 Å². The first-order valence-corrected chi connectivity index (χ1v) is 40.7. The van der Waals surface area contributed by atoms with Crippen molar-refractivity contribution < 1.29 is 42.1 Å². The molecule has 0 fully saturated rings. The van der Waals surface area contributed by atoms with Crippen LogP contribution in [0.15, 0.2) is 36.5 Å². The molecule has 89 heavy (non-hydrogen) atoms. The monoisotopic (exact) mass is 1270 g/mol. The molecule has 2 atom stereocenters. The first kappa shape index (κ1) is 87.2. The van der Waals surface area contributed by atoms with Crippen LogP contribution in [0.1, 0.15) is 406 Å². The summed E-state index contributed by atoms with van der Waals surface area (Å²) in [5.41, 5.74) is 0. The Balaban J connectivity index is 3.93. The van der Waals surface area contributed by atoms with Gasteiger partial charge in [-0.15, -0.1) is 0 Å². The second-order valence-electron chi connectivity index (χ2n) is 28.1. The number of phosphoric acid groups is 1. The van der Waals surface area contributed by atoms with Gasteiger partial charge in [0.15, 0.2) is 6.10 Å². The first-order valence-electron chi connectivity index (χ1n) is 39.2. The molecule has 0 radical (unpaired) electrons. The molecule has 0 aromatic rings. The predicted molar refractivity (Wildman–Crippen MR) is 384 cm³/mol. The lowest BCUT2D eigenvalue weighted by Gasteiger charge is -2.28. The molecular formula is C79H152NO8P. The Bertz CT molecular complexity index is 1590. The maximum Gasteiger partial charge on any atom is 0.306 e. The van der Waals surface area contributed by atoms with Crippen LogP contribution in [0.25, 0.3) is 0 Å². The van der Waals surface area contributed by atoms with Crippen molar-refractivity contribution in [2.45, 2.75) is 412 Å². The van der Waals surface area contributed by atoms with Crippen LogP contribution < -0.4 is 4.89 Å². The molecule has 0 aliphatic rings. The van der Waals surface area contributed by atoms with E-state index < -0.39 is 26.5 Å². The summed E-state index contributed by atoms with van der Waals surface area (Å²) < 4.78 is 34.4. The SMILES string of the molecule is CCCCCCC/C=C\C/C=C\C/C=C\CCCCCCCCCCCCCCCCCCCCC(=O)OC(COC(=O)CCCCCCCCCCCCCCCCCCCCCCCCCCCCCCCCCC)COP(=O)([O-])OCC[N+](C)(C)C. The topological polar surface area (TPSA) is 111 Å². The van der Waals surface area contributed by atoms with Gasteiger partial charge < -0.3 is 27.9 Å². The second-order valence-corrected chi connectivity index (χ2v) is 29.5. The number of unbranched alkanes of at least 4 members (excludes halogenated alkanes) is 54. The molecule has 0 aromatic carbocycles. The minimum atomic E-state index is -4.64. The van der Waals surface area contributed by atoms with Gasteiger partial charge in [0.2, 0.25) is 0 Å². The van der Waals surface area contributed by atoms with Crippen LogP contribution in [-0.2, 0) is 32.7 Å². The van der Waals surface area contributed by atoms with E-state index in [9.17, 15) is 19.0 Å². The van der Waals surface area contributed by atoms with E-state index in [-0.39, 0.29) is 32.0 Å². The molecule has 0 saturated heterocycles. The third-order valence-electron chi connectivity index (χ3n) is 17.9. The number of esters is 2. The summed E-state index contributed by atoms with van der Waals surface area (Å²) in [6.07, 6.45) is 91.2. The van der Waals surface area contributed by atoms with Crippen molar-refractivity contribution in [3.63, 3.8) is 0 Å². The Hall–Kier alpha value is -1.77. The first-order chi connectivity index (χ1) is 43.5. The third kappa shape index (κ3) is 75.1. The van der Waals surface area contributed by atoms with E-state index in [1.54, 1.807) is 0 Å². The number of phosphoric ester groups is 1. The summed E-state index contributed by atoms with van der Waals surface area (Å²) in [5.74, 6) is -0.808. The summed E-state index contributed by atoms with van der Waals surface area (Å²) in [6.45, 7) is 4.31. The van der Waals surface area contributed by atoms with Crippen LogP contribution in [0.4, 0.5) is 0 Å². The van der Waals surface area contributed by atoms with E-state index in [1.807, 2.05) is 21.1 Å². The molecule has 0 heterocycles. The van der Waals surface area contributed by atoms with E-state index in [2.05, 4.69) is 50.3 Å². The van der Waals surface area contributed by atoms with Crippen LogP contribution in [0.3, 0.4) is 0 Å². The largest absolute Gasteiger partial charge is 0.756 e. The Kier molecular flexibility index (Phi) is 69.1. The fourth-order valence-corrected chi connectivity index (χ4v) is 12.6. The van der Waals surface area contributed by atoms with Crippen LogP contribution in [0.2, 0.25) is 0 Å². The highest BCUT2D eigenvalue weighted by molar-refractivity contribution is 7.45. The number of ether oxygens (including phenoxy) is 2. The van der Waals surface area contributed by atoms with Gasteiger partial charge in [-0.2, -0.15) is 0 Å². The number of hydrogen-bond donors (Lipinski definition) is 0. The summed E-state index contributed by atoms with van der Waals surface area (Å²) in [5, 5.41) is 0. The van der Waals surface area contributed by atoms with Crippen molar-refractivity contribution in [2.75, 3.05) is 47.5 Å². The number of allylic oxidation sites excluding steroid dienone is 6. The molecular weight excluding hydrogens is 1120 g/mol. The molecule has 0 saturated carbocycles. The maximum absolute atomic E-state index is 12.9. The molecule has 2 unspecified atom stereocenters. The highest BCUT2D eigenvalue weighted by atomic mass is 31.2. The van der Waals surface area contributed by atoms with Gasteiger partial charge in [0.1, 0.15) is 19.8 Å². The van der Waals surface area contributed by atoms with Crippen LogP contribution in [-0.4, -0.2) is 70.0 Å². The van der Waals surface area contributed by atoms with Gasteiger partial charge in [-0.25, -0.2) is 0 Å². The maximum atomic E-state index is 12.9. The van der Waals surface area contributed by atoms with Gasteiger partial charge >= 0.3 is 11.9 Å². The average Bonchev–Trinajstić information content (AvgIpc) is 3.60. The van der Waals surface area contributed by atoms with Gasteiger partial charge in [-0.3, -0.25) is 14.2 Å². The van der Waals surface area contributed by atoms with Crippen molar-refractivity contribution in [3.8, 4) is 0 Å². The lowest BCUT2D eigenvalue weighted by Crippen LogP contribution is -2.37. The standard InChI is InChI=1S/C79H152NO8P/c1-6-8-10-12-14-16-18-20-22-24-26-28-30-32-34-36-38-40-42-44-46-48-50-52-54-56-58-60-62-64-66-68-70-72-79(82)88-77(76-87-89(83,84)86-74-73-80(3,4)5)75-85-78(81)71-69-67-65-63-61-59-57-55-53-51-49-47-45-43-41-39-37-35-33-31-29-27-25-23-21-19-17-15-13-11-9-7-2/h18,20,24,26,30,32,77H,6-17,19,21-23,25,27-29,31,33-76H2,1-5H3/b20-18-,26-24-,32-30-. The van der Waals surface area contributed by atoms with Gasteiger partial charge in [0.05, 0.1) is 27.7 Å². The summed E-state index contributed by atoms with van der Waals surface area (Å²) >= 11 is 0. The Morgan fingerprint density at radius 1 is 0.348 bits per heavy atom. The van der Waals surface area contributed by atoms with Gasteiger partial charge in [-0.1, -0.05) is 378 Å². The molecule has 0 spiro atoms. The van der Waals surface area contributed by atoms with E-state index in [0.29, 0.717) is 17.4 Å².